The predicted octanol–water partition coefficient (Wildman–Crippen LogP) is 3.84. The monoisotopic (exact) mass is 320 g/mol. The lowest BCUT2D eigenvalue weighted by molar-refractivity contribution is -0.120. The Morgan fingerprint density at radius 2 is 2.05 bits per heavy atom. The van der Waals surface area contributed by atoms with E-state index in [0.717, 1.165) is 5.56 Å². The van der Waals surface area contributed by atoms with Gasteiger partial charge in [-0.3, -0.25) is 4.79 Å². The van der Waals surface area contributed by atoms with Crippen molar-refractivity contribution in [2.45, 2.75) is 30.7 Å². The second-order valence-electron chi connectivity index (χ2n) is 4.75. The lowest BCUT2D eigenvalue weighted by Crippen LogP contribution is -2.30. The zero-order chi connectivity index (χ0) is 15.2. The molecular weight excluding hydrogens is 304 g/mol. The average molecular weight is 321 g/mol. The van der Waals surface area contributed by atoms with E-state index in [0.29, 0.717) is 16.6 Å². The van der Waals surface area contributed by atoms with Gasteiger partial charge in [0.25, 0.3) is 0 Å². The molecule has 0 radical (unpaired) electrons. The van der Waals surface area contributed by atoms with E-state index in [4.69, 9.17) is 11.6 Å². The van der Waals surface area contributed by atoms with E-state index in [9.17, 15) is 4.79 Å². The summed E-state index contributed by atoms with van der Waals surface area (Å²) in [6.45, 7) is 4.41. The number of thioether (sulfide) groups is 1. The molecular formula is C16H17ClN2OS. The van der Waals surface area contributed by atoms with Crippen LogP contribution in [0.25, 0.3) is 0 Å². The van der Waals surface area contributed by atoms with Crippen molar-refractivity contribution in [2.75, 3.05) is 0 Å². The number of hydrogen-bond acceptors (Lipinski definition) is 3. The molecule has 2 rings (SSSR count). The summed E-state index contributed by atoms with van der Waals surface area (Å²) < 4.78 is 0. The fourth-order valence-corrected chi connectivity index (χ4v) is 2.80. The number of benzene rings is 1. The Morgan fingerprint density at radius 1 is 1.33 bits per heavy atom. The Balaban J connectivity index is 1.88. The number of amides is 1. The fourth-order valence-electron chi connectivity index (χ4n) is 1.72. The van der Waals surface area contributed by atoms with Gasteiger partial charge in [-0.1, -0.05) is 53.2 Å². The van der Waals surface area contributed by atoms with E-state index >= 15 is 0 Å². The molecule has 5 heteroatoms. The number of hydrogen-bond donors (Lipinski definition) is 1. The maximum absolute atomic E-state index is 12.1. The Labute approximate surface area is 134 Å². The fraction of sp³-hybridized carbons (Fsp3) is 0.250. The molecule has 1 N–H and O–H groups in total. The highest BCUT2D eigenvalue weighted by atomic mass is 35.5. The highest BCUT2D eigenvalue weighted by Crippen LogP contribution is 2.27. The van der Waals surface area contributed by atoms with E-state index in [1.165, 1.54) is 17.3 Å². The lowest BCUT2D eigenvalue weighted by atomic mass is 10.1. The van der Waals surface area contributed by atoms with Gasteiger partial charge < -0.3 is 5.32 Å². The molecule has 0 aliphatic heterocycles. The van der Waals surface area contributed by atoms with Crippen LogP contribution in [0.15, 0.2) is 47.6 Å². The highest BCUT2D eigenvalue weighted by molar-refractivity contribution is 8.00. The Hall–Kier alpha value is -1.52. The molecule has 0 aliphatic rings. The number of nitrogens with zero attached hydrogens (tertiary/aromatic N) is 1. The summed E-state index contributed by atoms with van der Waals surface area (Å²) in [5.41, 5.74) is 2.29. The van der Waals surface area contributed by atoms with Crippen LogP contribution in [-0.4, -0.2) is 16.1 Å². The largest absolute Gasteiger partial charge is 0.351 e. The number of carbonyl (C=O) groups excluding carboxylic acids is 1. The van der Waals surface area contributed by atoms with Crippen molar-refractivity contribution in [1.82, 2.24) is 10.3 Å². The summed E-state index contributed by atoms with van der Waals surface area (Å²) in [7, 11) is 0. The first-order chi connectivity index (χ1) is 10.1. The summed E-state index contributed by atoms with van der Waals surface area (Å²) in [6, 6.07) is 11.6. The Morgan fingerprint density at radius 3 is 2.71 bits per heavy atom. The Bertz CT molecular complexity index is 616. The van der Waals surface area contributed by atoms with Gasteiger partial charge in [-0.05, 0) is 31.5 Å². The van der Waals surface area contributed by atoms with Crippen LogP contribution < -0.4 is 5.32 Å². The maximum atomic E-state index is 12.1. The molecule has 0 saturated carbocycles. The zero-order valence-electron chi connectivity index (χ0n) is 12.0. The standard InChI is InChI=1S/C16H17ClN2OS/c1-11-5-7-13(8-6-11)10-19-15(20)12(2)21-16-14(17)4-3-9-18-16/h3-9,12H,10H2,1-2H3,(H,19,20)/t12-/m1/s1. The van der Waals surface area contributed by atoms with E-state index in [-0.39, 0.29) is 11.2 Å². The predicted molar refractivity (Wildman–Crippen MR) is 87.6 cm³/mol. The first-order valence-electron chi connectivity index (χ1n) is 6.66. The number of nitrogens with one attached hydrogen (secondary N) is 1. The molecule has 2 aromatic rings. The summed E-state index contributed by atoms with van der Waals surface area (Å²) in [5, 5.41) is 3.93. The smallest absolute Gasteiger partial charge is 0.233 e. The van der Waals surface area contributed by atoms with Crippen molar-refractivity contribution in [3.63, 3.8) is 0 Å². The molecule has 0 aliphatic carbocycles. The van der Waals surface area contributed by atoms with Crippen molar-refractivity contribution in [1.29, 1.82) is 0 Å². The molecule has 0 bridgehead atoms. The summed E-state index contributed by atoms with van der Waals surface area (Å²) >= 11 is 7.41. The van der Waals surface area contributed by atoms with E-state index in [2.05, 4.69) is 10.3 Å². The van der Waals surface area contributed by atoms with Crippen LogP contribution in [0.4, 0.5) is 0 Å². The van der Waals surface area contributed by atoms with Crippen molar-refractivity contribution in [2.24, 2.45) is 0 Å². The van der Waals surface area contributed by atoms with Crippen LogP contribution in [0.1, 0.15) is 18.1 Å². The summed E-state index contributed by atoms with van der Waals surface area (Å²) in [6.07, 6.45) is 1.67. The average Bonchev–Trinajstić information content (AvgIpc) is 2.48. The SMILES string of the molecule is Cc1ccc(CNC(=O)[C@@H](C)Sc2ncccc2Cl)cc1. The second-order valence-corrected chi connectivity index (χ2v) is 6.49. The summed E-state index contributed by atoms with van der Waals surface area (Å²) in [5.74, 6) is -0.0257. The topological polar surface area (TPSA) is 42.0 Å². The van der Waals surface area contributed by atoms with Gasteiger partial charge in [-0.25, -0.2) is 4.98 Å². The normalized spacial score (nSPS) is 12.0. The molecule has 1 aromatic carbocycles. The van der Waals surface area contributed by atoms with Crippen LogP contribution in [0.2, 0.25) is 5.02 Å². The third kappa shape index (κ3) is 4.76. The third-order valence-electron chi connectivity index (χ3n) is 2.97. The number of pyridine rings is 1. The minimum atomic E-state index is -0.247. The lowest BCUT2D eigenvalue weighted by Gasteiger charge is -2.12. The van der Waals surface area contributed by atoms with Gasteiger partial charge in [0.05, 0.1) is 10.3 Å². The van der Waals surface area contributed by atoms with Gasteiger partial charge >= 0.3 is 0 Å². The van der Waals surface area contributed by atoms with E-state index in [1.807, 2.05) is 38.1 Å². The number of aryl methyl sites for hydroxylation is 1. The highest BCUT2D eigenvalue weighted by Gasteiger charge is 2.16. The van der Waals surface area contributed by atoms with Gasteiger partial charge in [0, 0.05) is 12.7 Å². The Kier molecular flexibility index (Phi) is 5.65. The number of carbonyl (C=O) groups is 1. The molecule has 0 fully saturated rings. The van der Waals surface area contributed by atoms with Gasteiger partial charge in [0.1, 0.15) is 5.03 Å². The van der Waals surface area contributed by atoms with E-state index in [1.54, 1.807) is 18.3 Å². The molecule has 0 spiro atoms. The maximum Gasteiger partial charge on any atom is 0.233 e. The van der Waals surface area contributed by atoms with Crippen molar-refractivity contribution in [3.8, 4) is 0 Å². The van der Waals surface area contributed by atoms with Crippen molar-refractivity contribution < 1.29 is 4.79 Å². The van der Waals surface area contributed by atoms with Gasteiger partial charge in [0.2, 0.25) is 5.91 Å². The molecule has 0 saturated heterocycles. The van der Waals surface area contributed by atoms with Crippen LogP contribution >= 0.6 is 23.4 Å². The van der Waals surface area contributed by atoms with Gasteiger partial charge in [0.15, 0.2) is 0 Å². The van der Waals surface area contributed by atoms with Crippen LogP contribution in [-0.2, 0) is 11.3 Å². The number of rotatable bonds is 5. The molecule has 3 nitrogen and oxygen atoms in total. The minimum Gasteiger partial charge on any atom is -0.351 e. The molecule has 110 valence electrons. The molecule has 0 unspecified atom stereocenters. The summed E-state index contributed by atoms with van der Waals surface area (Å²) in [4.78, 5) is 16.3. The zero-order valence-corrected chi connectivity index (χ0v) is 13.5. The third-order valence-corrected chi connectivity index (χ3v) is 4.50. The molecule has 1 aromatic heterocycles. The van der Waals surface area contributed by atoms with E-state index < -0.39 is 0 Å². The van der Waals surface area contributed by atoms with Crippen molar-refractivity contribution >= 4 is 29.3 Å². The molecule has 1 heterocycles. The van der Waals surface area contributed by atoms with Gasteiger partial charge in [-0.15, -0.1) is 0 Å². The van der Waals surface area contributed by atoms with Crippen molar-refractivity contribution in [3.05, 3.63) is 58.7 Å². The molecule has 1 amide bonds. The second kappa shape index (κ2) is 7.48. The first kappa shape index (κ1) is 15.9. The van der Waals surface area contributed by atoms with Gasteiger partial charge in [-0.2, -0.15) is 0 Å². The molecule has 1 atom stereocenters. The number of halogens is 1. The quantitative estimate of drug-likeness (QED) is 0.851. The van der Waals surface area contributed by atoms with Crippen LogP contribution in [0, 0.1) is 6.92 Å². The first-order valence-corrected chi connectivity index (χ1v) is 7.92. The van der Waals surface area contributed by atoms with Crippen LogP contribution in [0.5, 0.6) is 0 Å². The molecule has 21 heavy (non-hydrogen) atoms. The van der Waals surface area contributed by atoms with Crippen LogP contribution in [0.3, 0.4) is 0 Å². The minimum absolute atomic E-state index is 0.0257. The number of aromatic nitrogens is 1.